The standard InChI is InChI=1S/C21H22O2/c22-20-14-8-7-13-18(20)19(16-9-3-1-4-10-16)15-21(23)17-11-5-2-6-12-17/h1-6,9-12,18-19H,7-8,13-15H2/t18-,19-/m1/s1. The molecule has 2 heteroatoms. The predicted molar refractivity (Wildman–Crippen MR) is 91.5 cm³/mol. The van der Waals surface area contributed by atoms with Gasteiger partial charge in [-0.2, -0.15) is 0 Å². The van der Waals surface area contributed by atoms with Crippen molar-refractivity contribution < 1.29 is 9.59 Å². The summed E-state index contributed by atoms with van der Waals surface area (Å²) in [6, 6.07) is 19.4. The van der Waals surface area contributed by atoms with Crippen LogP contribution in [0, 0.1) is 5.92 Å². The maximum atomic E-state index is 12.7. The van der Waals surface area contributed by atoms with Crippen LogP contribution in [0.25, 0.3) is 0 Å². The smallest absolute Gasteiger partial charge is 0.163 e. The normalized spacial score (nSPS) is 19.3. The first kappa shape index (κ1) is 15.7. The minimum atomic E-state index is -0.0150. The van der Waals surface area contributed by atoms with Gasteiger partial charge in [0.2, 0.25) is 0 Å². The molecule has 23 heavy (non-hydrogen) atoms. The van der Waals surface area contributed by atoms with Gasteiger partial charge in [-0.05, 0) is 18.4 Å². The van der Waals surface area contributed by atoms with Crippen LogP contribution in [0.3, 0.4) is 0 Å². The van der Waals surface area contributed by atoms with Gasteiger partial charge in [0.15, 0.2) is 5.78 Å². The summed E-state index contributed by atoms with van der Waals surface area (Å²) in [6.07, 6.45) is 4.04. The quantitative estimate of drug-likeness (QED) is 0.743. The SMILES string of the molecule is O=C(C[C@H](c1ccccc1)[C@H]1CCCCC1=O)c1ccccc1. The fourth-order valence-electron chi connectivity index (χ4n) is 3.57. The monoisotopic (exact) mass is 306 g/mol. The molecule has 0 unspecified atom stereocenters. The Hall–Kier alpha value is -2.22. The molecule has 0 heterocycles. The molecule has 1 fully saturated rings. The molecule has 0 aromatic heterocycles. The van der Waals surface area contributed by atoms with E-state index in [0.717, 1.165) is 30.4 Å². The molecule has 0 saturated heterocycles. The lowest BCUT2D eigenvalue weighted by molar-refractivity contribution is -0.125. The van der Waals surface area contributed by atoms with E-state index in [1.54, 1.807) is 0 Å². The van der Waals surface area contributed by atoms with E-state index in [-0.39, 0.29) is 17.6 Å². The number of hydrogen-bond acceptors (Lipinski definition) is 2. The lowest BCUT2D eigenvalue weighted by Gasteiger charge is -2.29. The first-order chi connectivity index (χ1) is 11.3. The van der Waals surface area contributed by atoms with Crippen LogP contribution >= 0.6 is 0 Å². The third-order valence-electron chi connectivity index (χ3n) is 4.82. The van der Waals surface area contributed by atoms with Crippen LogP contribution in [0.5, 0.6) is 0 Å². The number of rotatable bonds is 5. The topological polar surface area (TPSA) is 34.1 Å². The van der Waals surface area contributed by atoms with Gasteiger partial charge < -0.3 is 0 Å². The molecule has 1 saturated carbocycles. The van der Waals surface area contributed by atoms with Gasteiger partial charge in [0.05, 0.1) is 0 Å². The Kier molecular flexibility index (Phi) is 5.02. The first-order valence-electron chi connectivity index (χ1n) is 8.41. The zero-order valence-electron chi connectivity index (χ0n) is 13.3. The van der Waals surface area contributed by atoms with Gasteiger partial charge in [0, 0.05) is 30.2 Å². The van der Waals surface area contributed by atoms with Crippen molar-refractivity contribution in [2.75, 3.05) is 0 Å². The number of Topliss-reactive ketones (excluding diaryl/α,β-unsaturated/α-hetero) is 2. The number of benzene rings is 2. The van der Waals surface area contributed by atoms with Crippen LogP contribution in [0.15, 0.2) is 60.7 Å². The molecule has 1 aliphatic rings. The average molecular weight is 306 g/mol. The Labute approximate surface area is 137 Å². The highest BCUT2D eigenvalue weighted by Crippen LogP contribution is 2.37. The van der Waals surface area contributed by atoms with E-state index in [9.17, 15) is 9.59 Å². The molecular weight excluding hydrogens is 284 g/mol. The minimum absolute atomic E-state index is 0.00305. The summed E-state index contributed by atoms with van der Waals surface area (Å²) >= 11 is 0. The summed E-state index contributed by atoms with van der Waals surface area (Å²) in [6.45, 7) is 0. The van der Waals surface area contributed by atoms with Crippen LogP contribution < -0.4 is 0 Å². The van der Waals surface area contributed by atoms with Crippen molar-refractivity contribution in [2.24, 2.45) is 5.92 Å². The van der Waals surface area contributed by atoms with Crippen LogP contribution in [-0.2, 0) is 4.79 Å². The molecule has 0 amide bonds. The molecule has 3 rings (SSSR count). The third-order valence-corrected chi connectivity index (χ3v) is 4.82. The fraction of sp³-hybridized carbons (Fsp3) is 0.333. The van der Waals surface area contributed by atoms with Crippen molar-refractivity contribution in [3.05, 3.63) is 71.8 Å². The number of carbonyl (C=O) groups excluding carboxylic acids is 2. The third kappa shape index (κ3) is 3.76. The van der Waals surface area contributed by atoms with Gasteiger partial charge in [-0.15, -0.1) is 0 Å². The highest BCUT2D eigenvalue weighted by Gasteiger charge is 2.32. The molecule has 1 aliphatic carbocycles. The van der Waals surface area contributed by atoms with Crippen LogP contribution in [0.2, 0.25) is 0 Å². The minimum Gasteiger partial charge on any atom is -0.299 e. The van der Waals surface area contributed by atoms with Crippen molar-refractivity contribution in [3.8, 4) is 0 Å². The van der Waals surface area contributed by atoms with Crippen molar-refractivity contribution in [1.29, 1.82) is 0 Å². The second-order valence-electron chi connectivity index (χ2n) is 6.33. The summed E-state index contributed by atoms with van der Waals surface area (Å²) in [5, 5.41) is 0. The average Bonchev–Trinajstić information content (AvgIpc) is 2.62. The molecule has 0 bridgehead atoms. The molecule has 0 aliphatic heterocycles. The maximum absolute atomic E-state index is 12.7. The first-order valence-corrected chi connectivity index (χ1v) is 8.41. The zero-order valence-corrected chi connectivity index (χ0v) is 13.3. The van der Waals surface area contributed by atoms with Crippen molar-refractivity contribution in [3.63, 3.8) is 0 Å². The number of carbonyl (C=O) groups is 2. The predicted octanol–water partition coefficient (Wildman–Crippen LogP) is 4.80. The highest BCUT2D eigenvalue weighted by atomic mass is 16.1. The second kappa shape index (κ2) is 7.36. The fourth-order valence-corrected chi connectivity index (χ4v) is 3.57. The Balaban J connectivity index is 1.86. The summed E-state index contributed by atoms with van der Waals surface area (Å²) in [7, 11) is 0. The van der Waals surface area contributed by atoms with E-state index in [2.05, 4.69) is 0 Å². The van der Waals surface area contributed by atoms with Crippen LogP contribution in [0.1, 0.15) is 53.9 Å². The van der Waals surface area contributed by atoms with E-state index in [4.69, 9.17) is 0 Å². The number of hydrogen-bond donors (Lipinski definition) is 0. The lowest BCUT2D eigenvalue weighted by Crippen LogP contribution is -2.27. The van der Waals surface area contributed by atoms with E-state index >= 15 is 0 Å². The molecule has 2 aromatic carbocycles. The van der Waals surface area contributed by atoms with E-state index in [1.807, 2.05) is 60.7 Å². The molecule has 0 N–H and O–H groups in total. The molecular formula is C21H22O2. The van der Waals surface area contributed by atoms with E-state index in [1.165, 1.54) is 0 Å². The summed E-state index contributed by atoms with van der Waals surface area (Å²) < 4.78 is 0. The van der Waals surface area contributed by atoms with Gasteiger partial charge >= 0.3 is 0 Å². The van der Waals surface area contributed by atoms with Gasteiger partial charge in [0.1, 0.15) is 5.78 Å². The van der Waals surface area contributed by atoms with E-state index in [0.29, 0.717) is 18.6 Å². The van der Waals surface area contributed by atoms with E-state index < -0.39 is 0 Å². The molecule has 2 aromatic rings. The van der Waals surface area contributed by atoms with Crippen molar-refractivity contribution in [2.45, 2.75) is 38.0 Å². The number of ketones is 2. The Morgan fingerprint density at radius 1 is 0.957 bits per heavy atom. The summed E-state index contributed by atoms with van der Waals surface area (Å²) in [5.41, 5.74) is 1.84. The Morgan fingerprint density at radius 3 is 2.26 bits per heavy atom. The molecule has 2 atom stereocenters. The highest BCUT2D eigenvalue weighted by molar-refractivity contribution is 5.97. The molecule has 2 nitrogen and oxygen atoms in total. The maximum Gasteiger partial charge on any atom is 0.163 e. The van der Waals surface area contributed by atoms with Gasteiger partial charge in [-0.25, -0.2) is 0 Å². The summed E-state index contributed by atoms with van der Waals surface area (Å²) in [4.78, 5) is 25.1. The van der Waals surface area contributed by atoms with Gasteiger partial charge in [0.25, 0.3) is 0 Å². The van der Waals surface area contributed by atoms with Crippen LogP contribution in [0.4, 0.5) is 0 Å². The molecule has 0 radical (unpaired) electrons. The van der Waals surface area contributed by atoms with Crippen molar-refractivity contribution in [1.82, 2.24) is 0 Å². The van der Waals surface area contributed by atoms with Crippen molar-refractivity contribution >= 4 is 11.6 Å². The molecule has 118 valence electrons. The Morgan fingerprint density at radius 2 is 1.61 bits per heavy atom. The second-order valence-corrected chi connectivity index (χ2v) is 6.33. The zero-order chi connectivity index (χ0) is 16.1. The lowest BCUT2D eigenvalue weighted by atomic mass is 9.73. The largest absolute Gasteiger partial charge is 0.299 e. The van der Waals surface area contributed by atoms with Gasteiger partial charge in [-0.3, -0.25) is 9.59 Å². The Bertz CT molecular complexity index is 661. The summed E-state index contributed by atoms with van der Waals surface area (Å²) in [5.74, 6) is 0.430. The van der Waals surface area contributed by atoms with Crippen LogP contribution in [-0.4, -0.2) is 11.6 Å². The molecule has 0 spiro atoms. The van der Waals surface area contributed by atoms with Gasteiger partial charge in [-0.1, -0.05) is 67.1 Å².